The third-order valence-electron chi connectivity index (χ3n) is 18.9. The first-order valence-electron chi connectivity index (χ1n) is 42.3. The van der Waals surface area contributed by atoms with Crippen molar-refractivity contribution in [2.75, 3.05) is 47.5 Å². The molecule has 0 spiro atoms. The van der Waals surface area contributed by atoms with Crippen molar-refractivity contribution >= 4 is 19.8 Å². The van der Waals surface area contributed by atoms with E-state index >= 15 is 0 Å². The largest absolute Gasteiger partial charge is 0.472 e. The van der Waals surface area contributed by atoms with Crippen LogP contribution in [-0.2, 0) is 32.7 Å². The summed E-state index contributed by atoms with van der Waals surface area (Å²) in [4.78, 5) is 36.0. The number of likely N-dealkylation sites (N-methyl/N-ethyl adjacent to an activating group) is 1. The molecule has 0 fully saturated rings. The molecule has 0 aliphatic heterocycles. The van der Waals surface area contributed by atoms with Crippen LogP contribution < -0.4 is 0 Å². The van der Waals surface area contributed by atoms with Gasteiger partial charge in [-0.3, -0.25) is 18.6 Å². The summed E-state index contributed by atoms with van der Waals surface area (Å²) < 4.78 is 34.9. The number of carbonyl (C=O) groups excluding carboxylic acids is 2. The summed E-state index contributed by atoms with van der Waals surface area (Å²) in [6.07, 6.45) is 109. The minimum atomic E-state index is -4.40. The van der Waals surface area contributed by atoms with Crippen LogP contribution in [0.3, 0.4) is 0 Å². The summed E-state index contributed by atoms with van der Waals surface area (Å²) >= 11 is 0. The molecule has 9 nitrogen and oxygen atoms in total. The first-order chi connectivity index (χ1) is 48.0. The Morgan fingerprint density at radius 3 is 0.867 bits per heavy atom. The Kier molecular flexibility index (Phi) is 76.1. The number of hydrogen-bond donors (Lipinski definition) is 1. The van der Waals surface area contributed by atoms with Crippen LogP contribution in [0.1, 0.15) is 412 Å². The number of esters is 2. The van der Waals surface area contributed by atoms with Crippen LogP contribution >= 0.6 is 7.82 Å². The van der Waals surface area contributed by atoms with Crippen LogP contribution in [0, 0.1) is 0 Å². The number of carbonyl (C=O) groups is 2. The molecule has 2 unspecified atom stereocenters. The summed E-state index contributed by atoms with van der Waals surface area (Å²) in [5.41, 5.74) is 0. The van der Waals surface area contributed by atoms with Crippen molar-refractivity contribution in [3.05, 3.63) is 85.1 Å². The molecule has 1 N–H and O–H groups in total. The lowest BCUT2D eigenvalue weighted by Crippen LogP contribution is -2.37. The van der Waals surface area contributed by atoms with E-state index in [9.17, 15) is 19.0 Å². The second kappa shape index (κ2) is 78.3. The van der Waals surface area contributed by atoms with Crippen LogP contribution in [0.25, 0.3) is 0 Å². The fourth-order valence-electron chi connectivity index (χ4n) is 12.5. The van der Waals surface area contributed by atoms with Crippen molar-refractivity contribution in [1.29, 1.82) is 0 Å². The first kappa shape index (κ1) is 95.2. The number of allylic oxidation sites excluding steroid dienone is 14. The van der Waals surface area contributed by atoms with Crippen molar-refractivity contribution in [1.82, 2.24) is 0 Å². The van der Waals surface area contributed by atoms with Gasteiger partial charge in [0.15, 0.2) is 6.10 Å². The van der Waals surface area contributed by atoms with Gasteiger partial charge in [-0.25, -0.2) is 4.57 Å². The summed E-state index contributed by atoms with van der Waals surface area (Å²) in [6, 6.07) is 0. The fraction of sp³-hybridized carbons (Fsp3) is 0.818. The molecule has 0 aliphatic rings. The van der Waals surface area contributed by atoms with Crippen LogP contribution in [0.2, 0.25) is 0 Å². The van der Waals surface area contributed by atoms with E-state index in [1.165, 1.54) is 308 Å². The molecular weight excluding hydrogens is 1230 g/mol. The molecule has 0 saturated carbocycles. The number of phosphoric acid groups is 1. The Hall–Kier alpha value is -2.81. The average molecular weight is 1390 g/mol. The molecule has 98 heavy (non-hydrogen) atoms. The van der Waals surface area contributed by atoms with Crippen LogP contribution in [0.15, 0.2) is 85.1 Å². The van der Waals surface area contributed by atoms with Crippen molar-refractivity contribution in [3.8, 4) is 0 Å². The number of quaternary nitrogens is 1. The molecule has 0 radical (unpaired) electrons. The Bertz CT molecular complexity index is 1930. The van der Waals surface area contributed by atoms with Gasteiger partial charge in [-0.05, 0) is 89.9 Å². The maximum absolute atomic E-state index is 12.9. The van der Waals surface area contributed by atoms with E-state index in [1.807, 2.05) is 21.1 Å². The summed E-state index contributed by atoms with van der Waals surface area (Å²) in [5.74, 6) is -0.775. The smallest absolute Gasteiger partial charge is 0.462 e. The van der Waals surface area contributed by atoms with Gasteiger partial charge in [0.25, 0.3) is 0 Å². The van der Waals surface area contributed by atoms with E-state index in [1.54, 1.807) is 0 Å². The Morgan fingerprint density at radius 1 is 0.327 bits per heavy atom. The molecule has 0 amide bonds. The molecule has 2 atom stereocenters. The average Bonchev–Trinajstić information content (AvgIpc) is 1.08. The molecule has 0 bridgehead atoms. The summed E-state index contributed by atoms with van der Waals surface area (Å²) in [5, 5.41) is 0. The lowest BCUT2D eigenvalue weighted by Gasteiger charge is -2.24. The Morgan fingerprint density at radius 2 is 0.582 bits per heavy atom. The predicted molar refractivity (Wildman–Crippen MR) is 427 cm³/mol. The molecule has 0 aromatic rings. The number of rotatable bonds is 79. The number of ether oxygens (including phenoxy) is 2. The van der Waals surface area contributed by atoms with Crippen LogP contribution in [-0.4, -0.2) is 74.9 Å². The zero-order valence-corrected chi connectivity index (χ0v) is 66.4. The van der Waals surface area contributed by atoms with E-state index in [2.05, 4.69) is 98.9 Å². The Labute approximate surface area is 609 Å². The molecule has 0 aromatic heterocycles. The number of phosphoric ester groups is 1. The minimum absolute atomic E-state index is 0.0331. The van der Waals surface area contributed by atoms with Gasteiger partial charge in [-0.1, -0.05) is 394 Å². The normalized spacial score (nSPS) is 13.4. The second-order valence-electron chi connectivity index (χ2n) is 29.8. The molecule has 0 aromatic carbocycles. The third kappa shape index (κ3) is 82.1. The molecular formula is C88H163NO8P+. The van der Waals surface area contributed by atoms with E-state index in [0.717, 1.165) is 70.6 Å². The van der Waals surface area contributed by atoms with E-state index in [0.29, 0.717) is 23.9 Å². The summed E-state index contributed by atoms with van der Waals surface area (Å²) in [7, 11) is 1.50. The highest BCUT2D eigenvalue weighted by Crippen LogP contribution is 2.43. The zero-order valence-electron chi connectivity index (χ0n) is 65.5. The number of unbranched alkanes of at least 4 members (excludes halogenated alkanes) is 51. The van der Waals surface area contributed by atoms with E-state index in [-0.39, 0.29) is 25.6 Å². The maximum Gasteiger partial charge on any atom is 0.472 e. The van der Waals surface area contributed by atoms with Gasteiger partial charge in [-0.2, -0.15) is 0 Å². The monoisotopic (exact) mass is 1390 g/mol. The lowest BCUT2D eigenvalue weighted by atomic mass is 10.0. The maximum atomic E-state index is 12.9. The van der Waals surface area contributed by atoms with Crippen molar-refractivity contribution < 1.29 is 42.1 Å². The van der Waals surface area contributed by atoms with E-state index < -0.39 is 26.5 Å². The molecule has 0 heterocycles. The van der Waals surface area contributed by atoms with Gasteiger partial charge in [0.1, 0.15) is 19.8 Å². The van der Waals surface area contributed by atoms with Crippen LogP contribution in [0.5, 0.6) is 0 Å². The van der Waals surface area contributed by atoms with Gasteiger partial charge < -0.3 is 18.9 Å². The second-order valence-corrected chi connectivity index (χ2v) is 31.3. The van der Waals surface area contributed by atoms with Gasteiger partial charge in [-0.15, -0.1) is 0 Å². The predicted octanol–water partition coefficient (Wildman–Crippen LogP) is 28.4. The minimum Gasteiger partial charge on any atom is -0.462 e. The third-order valence-corrected chi connectivity index (χ3v) is 19.9. The molecule has 0 aliphatic carbocycles. The Balaban J connectivity index is 3.88. The lowest BCUT2D eigenvalue weighted by molar-refractivity contribution is -0.870. The van der Waals surface area contributed by atoms with Gasteiger partial charge >= 0.3 is 19.8 Å². The highest BCUT2D eigenvalue weighted by molar-refractivity contribution is 7.47. The molecule has 0 saturated heterocycles. The van der Waals surface area contributed by atoms with Crippen molar-refractivity contribution in [3.63, 3.8) is 0 Å². The molecule has 10 heteroatoms. The molecule has 572 valence electrons. The van der Waals surface area contributed by atoms with Crippen molar-refractivity contribution in [2.45, 2.75) is 418 Å². The standard InChI is InChI=1S/C88H162NO8P/c1-6-8-10-12-14-16-18-20-22-24-26-28-30-32-34-36-38-40-41-42-43-44-45-46-47-49-51-53-55-57-59-61-63-65-67-69-71-73-75-77-79-81-88(91)97-86(85-96-98(92,93)95-83-82-89(3,4)5)84-94-87(90)80-78-76-74-72-70-68-66-64-62-60-58-56-54-52-50-48-39-37-35-33-31-29-27-25-23-21-19-17-15-13-11-9-7-2/h8,10,14,16,19-22,25-28,31,33,86H,6-7,9,11-13,15,17-18,23-24,29-30,32,34-85H2,1-5H3/p+1/b10-8-,16-14-,21-19-,22-20-,27-25-,28-26-,33-31-. The fourth-order valence-corrected chi connectivity index (χ4v) is 13.2. The zero-order chi connectivity index (χ0) is 71.1. The molecule has 0 rings (SSSR count). The topological polar surface area (TPSA) is 108 Å². The van der Waals surface area contributed by atoms with Gasteiger partial charge in [0.05, 0.1) is 27.7 Å². The highest BCUT2D eigenvalue weighted by Gasteiger charge is 2.27. The van der Waals surface area contributed by atoms with Crippen LogP contribution in [0.4, 0.5) is 0 Å². The van der Waals surface area contributed by atoms with Crippen molar-refractivity contribution in [2.24, 2.45) is 0 Å². The highest BCUT2D eigenvalue weighted by atomic mass is 31.2. The first-order valence-corrected chi connectivity index (χ1v) is 43.8. The van der Waals surface area contributed by atoms with E-state index in [4.69, 9.17) is 18.5 Å². The SMILES string of the molecule is CC/C=C\C/C=C\C/C=C\C/C=C\CCCCCCCCCCCCCCCCCCCCCCCCCCCCCCC(=O)OC(COC(=O)CCCCCCCCCCCCCCCCCCCC/C=C\C/C=C\C/C=C\CCCCCCC)COP(=O)(O)OCC[N+](C)(C)C. The summed E-state index contributed by atoms with van der Waals surface area (Å²) in [6.45, 7) is 4.37. The van der Waals surface area contributed by atoms with Gasteiger partial charge in [0, 0.05) is 12.8 Å². The number of nitrogens with zero attached hydrogens (tertiary/aromatic N) is 1. The number of hydrogen-bond acceptors (Lipinski definition) is 7. The van der Waals surface area contributed by atoms with Gasteiger partial charge in [0.2, 0.25) is 0 Å². The quantitative estimate of drug-likeness (QED) is 0.0211.